The molecule has 2 aromatic heterocycles. The van der Waals surface area contributed by atoms with Crippen LogP contribution in [0.3, 0.4) is 0 Å². The summed E-state index contributed by atoms with van der Waals surface area (Å²) >= 11 is 1.66. The van der Waals surface area contributed by atoms with Crippen LogP contribution in [-0.4, -0.2) is 23.9 Å². The first-order valence-corrected chi connectivity index (χ1v) is 10.4. The number of aliphatic imine (C=N–C) groups is 1. The zero-order chi connectivity index (χ0) is 20.9. The van der Waals surface area contributed by atoms with Gasteiger partial charge in [-0.3, -0.25) is 4.99 Å². The van der Waals surface area contributed by atoms with Crippen LogP contribution in [-0.2, 0) is 6.54 Å². The van der Waals surface area contributed by atoms with Crippen LogP contribution in [0.15, 0.2) is 64.4 Å². The van der Waals surface area contributed by atoms with Gasteiger partial charge in [-0.15, -0.1) is 0 Å². The van der Waals surface area contributed by atoms with Crippen LogP contribution < -0.4 is 16.4 Å². The summed E-state index contributed by atoms with van der Waals surface area (Å²) in [5.74, 6) is 1.50. The highest BCUT2D eigenvalue weighted by Gasteiger charge is 2.07. The summed E-state index contributed by atoms with van der Waals surface area (Å²) in [4.78, 5) is 8.92. The third-order valence-electron chi connectivity index (χ3n) is 3.83. The Balaban J connectivity index is 0.00000145. The largest absolute Gasteiger partial charge is 0.398 e. The van der Waals surface area contributed by atoms with Gasteiger partial charge in [-0.25, -0.2) is 4.98 Å². The van der Waals surface area contributed by atoms with Crippen molar-refractivity contribution < 1.29 is 0 Å². The maximum atomic E-state index is 8.81. The number of anilines is 2. The maximum absolute atomic E-state index is 8.81. The molecule has 0 bridgehead atoms. The molecule has 29 heavy (non-hydrogen) atoms. The van der Waals surface area contributed by atoms with Gasteiger partial charge in [-0.1, -0.05) is 26.0 Å². The van der Waals surface area contributed by atoms with Gasteiger partial charge in [0.05, 0.1) is 12.1 Å². The Morgan fingerprint density at radius 1 is 1.17 bits per heavy atom. The Morgan fingerprint density at radius 3 is 2.66 bits per heavy atom. The Morgan fingerprint density at radius 2 is 2.00 bits per heavy atom. The third-order valence-corrected chi connectivity index (χ3v) is 4.56. The van der Waals surface area contributed by atoms with Gasteiger partial charge in [0.15, 0.2) is 0 Å². The van der Waals surface area contributed by atoms with Gasteiger partial charge in [0, 0.05) is 30.5 Å². The molecule has 0 aliphatic carbocycles. The van der Waals surface area contributed by atoms with E-state index < -0.39 is 0 Å². The number of amidine groups is 1. The highest BCUT2D eigenvalue weighted by atomic mass is 32.1. The molecule has 150 valence electrons. The second kappa shape index (κ2) is 12.2. The Bertz CT molecular complexity index is 927. The van der Waals surface area contributed by atoms with E-state index in [2.05, 4.69) is 33.1 Å². The molecule has 1 aromatic carbocycles. The first-order valence-electron chi connectivity index (χ1n) is 9.50. The summed E-state index contributed by atoms with van der Waals surface area (Å²) in [5.41, 5.74) is 9.42. The lowest BCUT2D eigenvalue weighted by Crippen LogP contribution is -2.30. The van der Waals surface area contributed by atoms with Gasteiger partial charge in [-0.2, -0.15) is 16.6 Å². The van der Waals surface area contributed by atoms with Crippen molar-refractivity contribution in [3.63, 3.8) is 0 Å². The molecular formula is C22H26N6S. The minimum Gasteiger partial charge on any atom is -0.398 e. The highest BCUT2D eigenvalue weighted by Crippen LogP contribution is 2.13. The fourth-order valence-corrected chi connectivity index (χ4v) is 3.10. The number of nitrogens with one attached hydrogen (secondary N) is 2. The summed E-state index contributed by atoms with van der Waals surface area (Å²) < 4.78 is 0. The summed E-state index contributed by atoms with van der Waals surface area (Å²) in [5, 5.41) is 19.5. The zero-order valence-corrected chi connectivity index (χ0v) is 17.5. The van der Waals surface area contributed by atoms with Gasteiger partial charge in [0.2, 0.25) is 0 Å². The van der Waals surface area contributed by atoms with Crippen LogP contribution in [0.4, 0.5) is 11.5 Å². The number of nitriles is 1. The van der Waals surface area contributed by atoms with E-state index in [4.69, 9.17) is 16.0 Å². The molecular weight excluding hydrogens is 380 g/mol. The van der Waals surface area contributed by atoms with Gasteiger partial charge in [0.1, 0.15) is 17.7 Å². The van der Waals surface area contributed by atoms with Crippen LogP contribution in [0.25, 0.3) is 0 Å². The van der Waals surface area contributed by atoms with E-state index in [1.54, 1.807) is 29.7 Å². The standard InChI is InChI=1S/C20H20N6S.C2H6/c21-11-15-5-6-19(25-12-15)23-8-9-24-20(17-3-1-2-4-18(17)22)26-13-16-7-10-27-14-16;1-2/h1-7,10,12,14H,8-9,13,22H2,(H,23,25)(H,24,26);1-2H3. The van der Waals surface area contributed by atoms with Crippen LogP contribution in [0.1, 0.15) is 30.5 Å². The third kappa shape index (κ3) is 6.94. The number of thiophene rings is 1. The van der Waals surface area contributed by atoms with Crippen molar-refractivity contribution >= 4 is 28.7 Å². The van der Waals surface area contributed by atoms with Crippen molar-refractivity contribution in [2.24, 2.45) is 4.99 Å². The lowest BCUT2D eigenvalue weighted by atomic mass is 10.1. The summed E-state index contributed by atoms with van der Waals surface area (Å²) in [7, 11) is 0. The van der Waals surface area contributed by atoms with E-state index in [1.165, 1.54) is 5.56 Å². The van der Waals surface area contributed by atoms with Crippen molar-refractivity contribution in [3.05, 3.63) is 76.1 Å². The van der Waals surface area contributed by atoms with Crippen LogP contribution in [0, 0.1) is 11.3 Å². The molecule has 0 unspecified atom stereocenters. The fourth-order valence-electron chi connectivity index (χ4n) is 2.44. The fraction of sp³-hybridized carbons (Fsp3) is 0.227. The smallest absolute Gasteiger partial charge is 0.130 e. The van der Waals surface area contributed by atoms with Crippen molar-refractivity contribution in [1.29, 1.82) is 5.26 Å². The number of nitrogens with zero attached hydrogens (tertiary/aromatic N) is 3. The second-order valence-electron chi connectivity index (χ2n) is 5.78. The maximum Gasteiger partial charge on any atom is 0.130 e. The summed E-state index contributed by atoms with van der Waals surface area (Å²) in [6.45, 7) is 5.91. The molecule has 6 nitrogen and oxygen atoms in total. The molecule has 0 atom stereocenters. The van der Waals surface area contributed by atoms with Crippen LogP contribution in [0.5, 0.6) is 0 Å². The number of nitrogens with two attached hydrogens (primary N) is 1. The number of hydrogen-bond acceptors (Lipinski definition) is 6. The predicted octanol–water partition coefficient (Wildman–Crippen LogP) is 4.27. The van der Waals surface area contributed by atoms with Crippen molar-refractivity contribution in [2.75, 3.05) is 24.1 Å². The van der Waals surface area contributed by atoms with Crippen molar-refractivity contribution in [1.82, 2.24) is 10.3 Å². The molecule has 0 spiro atoms. The van der Waals surface area contributed by atoms with E-state index in [0.717, 1.165) is 17.2 Å². The minimum atomic E-state index is 0.543. The normalized spacial score (nSPS) is 10.4. The summed E-state index contributed by atoms with van der Waals surface area (Å²) in [6.07, 6.45) is 1.55. The quantitative estimate of drug-likeness (QED) is 0.235. The number of pyridine rings is 1. The molecule has 0 aliphatic rings. The molecule has 2 heterocycles. The number of para-hydroxylation sites is 1. The predicted molar refractivity (Wildman–Crippen MR) is 122 cm³/mol. The number of hydrogen-bond donors (Lipinski definition) is 3. The average molecular weight is 407 g/mol. The van der Waals surface area contributed by atoms with Gasteiger partial charge < -0.3 is 16.4 Å². The highest BCUT2D eigenvalue weighted by molar-refractivity contribution is 7.07. The molecule has 0 aliphatic heterocycles. The Kier molecular flexibility index (Phi) is 9.19. The zero-order valence-electron chi connectivity index (χ0n) is 16.7. The SMILES string of the molecule is CC.N#Cc1ccc(NCCNC(=NCc2ccsc2)c2ccccc2N)nc1. The van der Waals surface area contributed by atoms with Crippen molar-refractivity contribution in [3.8, 4) is 6.07 Å². The second-order valence-corrected chi connectivity index (χ2v) is 6.56. The number of benzene rings is 1. The van der Waals surface area contributed by atoms with E-state index >= 15 is 0 Å². The molecule has 0 amide bonds. The molecule has 3 rings (SSSR count). The van der Waals surface area contributed by atoms with Gasteiger partial charge in [0.25, 0.3) is 0 Å². The van der Waals surface area contributed by atoms with Crippen LogP contribution >= 0.6 is 11.3 Å². The molecule has 0 saturated heterocycles. The Hall–Kier alpha value is -3.37. The molecule has 0 radical (unpaired) electrons. The number of rotatable bonds is 7. The van der Waals surface area contributed by atoms with E-state index in [1.807, 2.05) is 43.5 Å². The molecule has 4 N–H and O–H groups in total. The average Bonchev–Trinajstić information content (AvgIpc) is 3.29. The first kappa shape index (κ1) is 21.9. The molecule has 7 heteroatoms. The molecule has 3 aromatic rings. The minimum absolute atomic E-state index is 0.543. The first-order chi connectivity index (χ1) is 14.3. The Labute approximate surface area is 176 Å². The van der Waals surface area contributed by atoms with E-state index in [9.17, 15) is 0 Å². The van der Waals surface area contributed by atoms with Crippen molar-refractivity contribution in [2.45, 2.75) is 20.4 Å². The van der Waals surface area contributed by atoms with E-state index in [0.29, 0.717) is 30.9 Å². The lowest BCUT2D eigenvalue weighted by Gasteiger charge is -2.13. The lowest BCUT2D eigenvalue weighted by molar-refractivity contribution is 0.889. The molecule has 0 saturated carbocycles. The van der Waals surface area contributed by atoms with E-state index in [-0.39, 0.29) is 0 Å². The molecule has 0 fully saturated rings. The van der Waals surface area contributed by atoms with Crippen LogP contribution in [0.2, 0.25) is 0 Å². The van der Waals surface area contributed by atoms with Gasteiger partial charge >= 0.3 is 0 Å². The topological polar surface area (TPSA) is 99.1 Å². The monoisotopic (exact) mass is 406 g/mol. The number of nitrogen functional groups attached to an aromatic ring is 1. The number of aromatic nitrogens is 1. The summed E-state index contributed by atoms with van der Waals surface area (Å²) in [6, 6.07) is 15.3. The van der Waals surface area contributed by atoms with Gasteiger partial charge in [-0.05, 0) is 46.7 Å².